The fourth-order valence-electron chi connectivity index (χ4n) is 4.38. The van der Waals surface area contributed by atoms with Gasteiger partial charge in [-0.1, -0.05) is 42.1 Å². The fraction of sp³-hybridized carbons (Fsp3) is 0.417. The number of carbonyl (C=O) groups excluding carboxylic acids is 1. The van der Waals surface area contributed by atoms with Crippen LogP contribution in [-0.2, 0) is 10.5 Å². The second kappa shape index (κ2) is 9.42. The number of benzene rings is 2. The Labute approximate surface area is 187 Å². The van der Waals surface area contributed by atoms with Crippen LogP contribution in [0.1, 0.15) is 28.8 Å². The number of aromatic nitrogens is 2. The number of carbonyl (C=O) groups is 1. The van der Waals surface area contributed by atoms with E-state index in [1.807, 2.05) is 47.4 Å². The predicted molar refractivity (Wildman–Crippen MR) is 123 cm³/mol. The van der Waals surface area contributed by atoms with E-state index in [0.717, 1.165) is 73.1 Å². The molecule has 0 aliphatic carbocycles. The highest BCUT2D eigenvalue weighted by Gasteiger charge is 2.26. The standard InChI is InChI=1S/C24H28N4O2S/c29-23(28-13-11-27(12-14-28)16-19-7-5-15-30-19)20-8-2-1-6-18(20)17-31-24-25-21-9-3-4-10-22(21)26-24/h1-4,6,8-10,19H,5,7,11-17H2,(H,25,26). The van der Waals surface area contributed by atoms with Gasteiger partial charge in [-0.15, -0.1) is 0 Å². The molecule has 2 aliphatic rings. The monoisotopic (exact) mass is 436 g/mol. The average molecular weight is 437 g/mol. The minimum Gasteiger partial charge on any atom is -0.377 e. The summed E-state index contributed by atoms with van der Waals surface area (Å²) in [6.07, 6.45) is 2.71. The Kier molecular flexibility index (Phi) is 6.25. The maximum Gasteiger partial charge on any atom is 0.254 e. The van der Waals surface area contributed by atoms with Crippen LogP contribution >= 0.6 is 11.8 Å². The number of hydrogen-bond donors (Lipinski definition) is 1. The Bertz CT molecular complexity index is 1010. The Balaban J connectivity index is 1.21. The van der Waals surface area contributed by atoms with Crippen LogP contribution in [0.5, 0.6) is 0 Å². The zero-order valence-corrected chi connectivity index (χ0v) is 18.4. The van der Waals surface area contributed by atoms with Crippen LogP contribution in [-0.4, -0.2) is 71.1 Å². The highest BCUT2D eigenvalue weighted by molar-refractivity contribution is 7.98. The Morgan fingerprint density at radius 2 is 1.90 bits per heavy atom. The molecule has 2 aromatic carbocycles. The van der Waals surface area contributed by atoms with Crippen molar-refractivity contribution in [1.29, 1.82) is 0 Å². The summed E-state index contributed by atoms with van der Waals surface area (Å²) in [5.41, 5.74) is 3.86. The second-order valence-electron chi connectivity index (χ2n) is 8.23. The van der Waals surface area contributed by atoms with E-state index in [-0.39, 0.29) is 5.91 Å². The molecular weight excluding hydrogens is 408 g/mol. The number of thioether (sulfide) groups is 1. The van der Waals surface area contributed by atoms with Crippen LogP contribution in [0.25, 0.3) is 11.0 Å². The van der Waals surface area contributed by atoms with E-state index in [1.54, 1.807) is 11.8 Å². The third-order valence-electron chi connectivity index (χ3n) is 6.13. The van der Waals surface area contributed by atoms with Gasteiger partial charge in [0.1, 0.15) is 0 Å². The van der Waals surface area contributed by atoms with Gasteiger partial charge in [0.05, 0.1) is 17.1 Å². The van der Waals surface area contributed by atoms with Gasteiger partial charge >= 0.3 is 0 Å². The van der Waals surface area contributed by atoms with E-state index in [4.69, 9.17) is 4.74 Å². The summed E-state index contributed by atoms with van der Waals surface area (Å²) in [4.78, 5) is 25.7. The van der Waals surface area contributed by atoms with Crippen molar-refractivity contribution < 1.29 is 9.53 Å². The maximum atomic E-state index is 13.3. The number of nitrogens with one attached hydrogen (secondary N) is 1. The number of imidazole rings is 1. The molecule has 2 aliphatic heterocycles. The van der Waals surface area contributed by atoms with Crippen molar-refractivity contribution in [2.45, 2.75) is 29.9 Å². The molecule has 3 aromatic rings. The summed E-state index contributed by atoms with van der Waals surface area (Å²) in [6.45, 7) is 5.27. The van der Waals surface area contributed by atoms with Crippen molar-refractivity contribution in [3.63, 3.8) is 0 Å². The number of hydrogen-bond acceptors (Lipinski definition) is 5. The predicted octanol–water partition coefficient (Wildman–Crippen LogP) is 3.79. The molecule has 5 rings (SSSR count). The molecule has 1 aromatic heterocycles. The van der Waals surface area contributed by atoms with Crippen molar-refractivity contribution in [2.75, 3.05) is 39.3 Å². The lowest BCUT2D eigenvalue weighted by molar-refractivity contribution is 0.0432. The minimum atomic E-state index is 0.137. The number of rotatable bonds is 6. The van der Waals surface area contributed by atoms with Gasteiger partial charge in [0.2, 0.25) is 0 Å². The van der Waals surface area contributed by atoms with E-state index in [2.05, 4.69) is 20.9 Å². The van der Waals surface area contributed by atoms with E-state index < -0.39 is 0 Å². The van der Waals surface area contributed by atoms with Crippen LogP contribution in [0.2, 0.25) is 0 Å². The maximum absolute atomic E-state index is 13.3. The van der Waals surface area contributed by atoms with Crippen LogP contribution in [0.15, 0.2) is 53.7 Å². The first-order chi connectivity index (χ1) is 15.3. The first-order valence-electron chi connectivity index (χ1n) is 11.0. The van der Waals surface area contributed by atoms with E-state index in [1.165, 1.54) is 6.42 Å². The number of para-hydroxylation sites is 2. The van der Waals surface area contributed by atoms with Crippen LogP contribution < -0.4 is 0 Å². The number of amides is 1. The van der Waals surface area contributed by atoms with Crippen LogP contribution in [0, 0.1) is 0 Å². The topological polar surface area (TPSA) is 61.5 Å². The molecule has 0 spiro atoms. The third-order valence-corrected chi connectivity index (χ3v) is 7.05. The molecule has 7 heteroatoms. The van der Waals surface area contributed by atoms with Gasteiger partial charge < -0.3 is 14.6 Å². The van der Waals surface area contributed by atoms with Gasteiger partial charge in [-0.3, -0.25) is 9.69 Å². The number of H-pyrrole nitrogens is 1. The summed E-state index contributed by atoms with van der Waals surface area (Å²) < 4.78 is 5.77. The molecular formula is C24H28N4O2S. The first-order valence-corrected chi connectivity index (χ1v) is 12.0. The van der Waals surface area contributed by atoms with Crippen molar-refractivity contribution in [1.82, 2.24) is 19.8 Å². The number of piperazine rings is 1. The van der Waals surface area contributed by atoms with E-state index >= 15 is 0 Å². The molecule has 1 atom stereocenters. The number of ether oxygens (including phenoxy) is 1. The van der Waals surface area contributed by atoms with E-state index in [9.17, 15) is 4.79 Å². The van der Waals surface area contributed by atoms with Crippen molar-refractivity contribution in [3.05, 3.63) is 59.7 Å². The van der Waals surface area contributed by atoms with Crippen molar-refractivity contribution in [2.24, 2.45) is 0 Å². The largest absolute Gasteiger partial charge is 0.377 e. The van der Waals surface area contributed by atoms with Gasteiger partial charge in [-0.2, -0.15) is 0 Å². The summed E-state index contributed by atoms with van der Waals surface area (Å²) in [6, 6.07) is 16.0. The molecule has 1 unspecified atom stereocenters. The minimum absolute atomic E-state index is 0.137. The molecule has 2 saturated heterocycles. The number of nitrogens with zero attached hydrogens (tertiary/aromatic N) is 3. The van der Waals surface area contributed by atoms with Gasteiger partial charge in [0.25, 0.3) is 5.91 Å². The first kappa shape index (κ1) is 20.5. The molecule has 0 radical (unpaired) electrons. The van der Waals surface area contributed by atoms with Gasteiger partial charge in [-0.05, 0) is 36.6 Å². The SMILES string of the molecule is O=C(c1ccccc1CSc1nc2ccccc2[nH]1)N1CCN(CC2CCCO2)CC1. The Hall–Kier alpha value is -2.35. The van der Waals surface area contributed by atoms with Gasteiger partial charge in [0, 0.05) is 50.6 Å². The van der Waals surface area contributed by atoms with Crippen LogP contribution in [0.3, 0.4) is 0 Å². The van der Waals surface area contributed by atoms with Crippen LogP contribution in [0.4, 0.5) is 0 Å². The molecule has 2 fully saturated rings. The lowest BCUT2D eigenvalue weighted by Gasteiger charge is -2.36. The van der Waals surface area contributed by atoms with E-state index in [0.29, 0.717) is 11.9 Å². The molecule has 3 heterocycles. The molecule has 6 nitrogen and oxygen atoms in total. The summed E-state index contributed by atoms with van der Waals surface area (Å²) >= 11 is 1.64. The third kappa shape index (κ3) is 4.79. The fourth-order valence-corrected chi connectivity index (χ4v) is 5.27. The quantitative estimate of drug-likeness (QED) is 0.596. The highest BCUT2D eigenvalue weighted by atomic mass is 32.2. The Morgan fingerprint density at radius 1 is 1.10 bits per heavy atom. The van der Waals surface area contributed by atoms with Crippen molar-refractivity contribution >= 4 is 28.7 Å². The molecule has 0 saturated carbocycles. The number of aromatic amines is 1. The Morgan fingerprint density at radius 3 is 2.71 bits per heavy atom. The lowest BCUT2D eigenvalue weighted by atomic mass is 10.1. The smallest absolute Gasteiger partial charge is 0.254 e. The summed E-state index contributed by atoms with van der Waals surface area (Å²) in [5, 5.41) is 0.881. The normalized spacial score (nSPS) is 19.9. The molecule has 31 heavy (non-hydrogen) atoms. The molecule has 0 bridgehead atoms. The van der Waals surface area contributed by atoms with Crippen molar-refractivity contribution in [3.8, 4) is 0 Å². The average Bonchev–Trinajstić information content (AvgIpc) is 3.47. The van der Waals surface area contributed by atoms with Gasteiger partial charge in [0.15, 0.2) is 5.16 Å². The zero-order valence-electron chi connectivity index (χ0n) is 17.6. The highest BCUT2D eigenvalue weighted by Crippen LogP contribution is 2.25. The van der Waals surface area contributed by atoms with Gasteiger partial charge in [-0.25, -0.2) is 4.98 Å². The molecule has 1 N–H and O–H groups in total. The zero-order chi connectivity index (χ0) is 21.0. The molecule has 162 valence electrons. The molecule has 1 amide bonds. The second-order valence-corrected chi connectivity index (χ2v) is 9.20. The summed E-state index contributed by atoms with van der Waals surface area (Å²) in [5.74, 6) is 0.846. The number of fused-ring (bicyclic) bond motifs is 1. The summed E-state index contributed by atoms with van der Waals surface area (Å²) in [7, 11) is 0. The lowest BCUT2D eigenvalue weighted by Crippen LogP contribution is -2.50.